The van der Waals surface area contributed by atoms with Gasteiger partial charge in [0.2, 0.25) is 5.91 Å². The number of carbonyl (C=O) groups is 2. The lowest BCUT2D eigenvalue weighted by Crippen LogP contribution is -2.57. The van der Waals surface area contributed by atoms with Gasteiger partial charge in [-0.1, -0.05) is 24.3 Å². The number of hydrogen-bond donors (Lipinski definition) is 1. The predicted octanol–water partition coefficient (Wildman–Crippen LogP) is 4.85. The molecule has 206 valence electrons. The summed E-state index contributed by atoms with van der Waals surface area (Å²) in [6, 6.07) is 6.91. The zero-order valence-corrected chi connectivity index (χ0v) is 20.7. The lowest BCUT2D eigenvalue weighted by molar-refractivity contribution is -0.143. The molecule has 3 amide bonds. The molecule has 38 heavy (non-hydrogen) atoms. The van der Waals surface area contributed by atoms with E-state index in [-0.39, 0.29) is 37.2 Å². The number of urea groups is 1. The number of aliphatic hydroxyl groups is 1. The van der Waals surface area contributed by atoms with E-state index >= 15 is 0 Å². The Balaban J connectivity index is 1.66. The minimum absolute atomic E-state index is 0.0490. The van der Waals surface area contributed by atoms with Gasteiger partial charge < -0.3 is 19.8 Å². The predicted molar refractivity (Wildman–Crippen MR) is 125 cm³/mol. The van der Waals surface area contributed by atoms with E-state index in [2.05, 4.69) is 0 Å². The van der Waals surface area contributed by atoms with E-state index < -0.39 is 54.1 Å². The number of benzene rings is 2. The average molecular weight is 544 g/mol. The van der Waals surface area contributed by atoms with E-state index in [4.69, 9.17) is 0 Å². The molecule has 12 heteroatoms. The van der Waals surface area contributed by atoms with Gasteiger partial charge in [0.05, 0.1) is 35.7 Å². The zero-order chi connectivity index (χ0) is 28.0. The first kappa shape index (κ1) is 27.7. The molecule has 2 fully saturated rings. The van der Waals surface area contributed by atoms with Crippen LogP contribution in [0.3, 0.4) is 0 Å². The summed E-state index contributed by atoms with van der Waals surface area (Å²) in [5, 5.41) is 9.69. The molecule has 3 atom stereocenters. The molecule has 1 N–H and O–H groups in total. The lowest BCUT2D eigenvalue weighted by atomic mass is 9.89. The molecule has 2 saturated heterocycles. The van der Waals surface area contributed by atoms with Crippen molar-refractivity contribution in [1.29, 1.82) is 0 Å². The molecule has 6 nitrogen and oxygen atoms in total. The summed E-state index contributed by atoms with van der Waals surface area (Å²) >= 11 is 0. The van der Waals surface area contributed by atoms with Crippen LogP contribution in [0.15, 0.2) is 42.5 Å². The molecule has 2 aliphatic rings. The van der Waals surface area contributed by atoms with Crippen LogP contribution in [0.1, 0.15) is 40.3 Å². The van der Waals surface area contributed by atoms with Crippen LogP contribution < -0.4 is 0 Å². The second kappa shape index (κ2) is 10.1. The van der Waals surface area contributed by atoms with E-state index in [0.717, 1.165) is 16.0 Å². The highest BCUT2D eigenvalue weighted by Gasteiger charge is 2.49. The molecule has 2 aromatic carbocycles. The number of amides is 3. The molecule has 3 unspecified atom stereocenters. The van der Waals surface area contributed by atoms with Crippen molar-refractivity contribution in [3.8, 4) is 0 Å². The van der Waals surface area contributed by atoms with Crippen LogP contribution in [-0.4, -0.2) is 64.5 Å². The fourth-order valence-electron chi connectivity index (χ4n) is 5.39. The Hall–Kier alpha value is -3.28. The van der Waals surface area contributed by atoms with Gasteiger partial charge in [-0.25, -0.2) is 4.79 Å². The molecule has 0 saturated carbocycles. The first-order chi connectivity index (χ1) is 17.7. The van der Waals surface area contributed by atoms with Crippen LogP contribution >= 0.6 is 0 Å². The van der Waals surface area contributed by atoms with Crippen molar-refractivity contribution >= 4 is 11.9 Å². The molecule has 0 radical (unpaired) electrons. The third kappa shape index (κ3) is 5.31. The van der Waals surface area contributed by atoms with E-state index in [1.54, 1.807) is 11.0 Å². The number of rotatable bonds is 4. The summed E-state index contributed by atoms with van der Waals surface area (Å²) < 4.78 is 79.9. The van der Waals surface area contributed by atoms with Gasteiger partial charge in [-0.05, 0) is 48.2 Å². The topological polar surface area (TPSA) is 64.1 Å². The molecule has 0 spiro atoms. The standard InChI is InChI=1S/C26H27F6N3O3/c1-15-5-3-4-6-20(15)22-21-11-17(14-36)23(37)34(21)7-8-35(22)24(38)33(2)13-16-9-18(25(27,28)29)12-19(10-16)26(30,31)32/h3-6,9-10,12,17,21-22,36H,7-8,11,13-14H2,1-2H3. The van der Waals surface area contributed by atoms with Crippen molar-refractivity contribution in [3.05, 3.63) is 70.3 Å². The van der Waals surface area contributed by atoms with E-state index in [1.807, 2.05) is 25.1 Å². The maximum Gasteiger partial charge on any atom is 0.416 e. The van der Waals surface area contributed by atoms with Crippen LogP contribution in [0.4, 0.5) is 31.1 Å². The number of piperazine rings is 1. The van der Waals surface area contributed by atoms with Gasteiger partial charge >= 0.3 is 18.4 Å². The highest BCUT2D eigenvalue weighted by molar-refractivity contribution is 5.83. The van der Waals surface area contributed by atoms with Crippen molar-refractivity contribution in [3.63, 3.8) is 0 Å². The number of aliphatic hydroxyl groups excluding tert-OH is 1. The minimum atomic E-state index is -5.00. The monoisotopic (exact) mass is 543 g/mol. The number of nitrogens with zero attached hydrogens (tertiary/aromatic N) is 3. The Morgan fingerprint density at radius 3 is 2.18 bits per heavy atom. The van der Waals surface area contributed by atoms with Crippen LogP contribution in [-0.2, 0) is 23.7 Å². The summed E-state index contributed by atoms with van der Waals surface area (Å²) in [6.07, 6.45) is -9.68. The summed E-state index contributed by atoms with van der Waals surface area (Å²) in [4.78, 5) is 30.6. The van der Waals surface area contributed by atoms with Crippen molar-refractivity contribution in [2.24, 2.45) is 5.92 Å². The lowest BCUT2D eigenvalue weighted by Gasteiger charge is -2.46. The van der Waals surface area contributed by atoms with Gasteiger partial charge in [0.25, 0.3) is 0 Å². The third-order valence-corrected chi connectivity index (χ3v) is 7.21. The van der Waals surface area contributed by atoms with Crippen LogP contribution in [0.25, 0.3) is 0 Å². The van der Waals surface area contributed by atoms with Gasteiger partial charge in [-0.15, -0.1) is 0 Å². The largest absolute Gasteiger partial charge is 0.416 e. The summed E-state index contributed by atoms with van der Waals surface area (Å²) in [5.74, 6) is -0.814. The Morgan fingerprint density at radius 1 is 1.03 bits per heavy atom. The Labute approximate surface area is 215 Å². The molecule has 2 heterocycles. The maximum atomic E-state index is 13.6. The smallest absolute Gasteiger partial charge is 0.396 e. The summed E-state index contributed by atoms with van der Waals surface area (Å²) in [5.41, 5.74) is -1.59. The molecule has 0 aliphatic carbocycles. The van der Waals surface area contributed by atoms with E-state index in [0.29, 0.717) is 18.6 Å². The van der Waals surface area contributed by atoms with Crippen molar-refractivity contribution in [2.75, 3.05) is 26.7 Å². The molecule has 2 aromatic rings. The SMILES string of the molecule is Cc1ccccc1C1C2CC(CO)C(=O)N2CCN1C(=O)N(C)Cc1cc(C(F)(F)F)cc(C(F)(F)F)c1. The van der Waals surface area contributed by atoms with E-state index in [1.165, 1.54) is 11.9 Å². The van der Waals surface area contributed by atoms with Crippen LogP contribution in [0.5, 0.6) is 0 Å². The van der Waals surface area contributed by atoms with Crippen molar-refractivity contribution in [2.45, 2.75) is 44.3 Å². The van der Waals surface area contributed by atoms with Crippen LogP contribution in [0.2, 0.25) is 0 Å². The number of hydrogen-bond acceptors (Lipinski definition) is 3. The van der Waals surface area contributed by atoms with Gasteiger partial charge in [0, 0.05) is 26.7 Å². The highest BCUT2D eigenvalue weighted by atomic mass is 19.4. The third-order valence-electron chi connectivity index (χ3n) is 7.21. The number of halogens is 6. The fraction of sp³-hybridized carbons (Fsp3) is 0.462. The Morgan fingerprint density at radius 2 is 1.63 bits per heavy atom. The molecular formula is C26H27F6N3O3. The molecule has 0 bridgehead atoms. The molecule has 2 aliphatic heterocycles. The highest BCUT2D eigenvalue weighted by Crippen LogP contribution is 2.41. The minimum Gasteiger partial charge on any atom is -0.396 e. The first-order valence-electron chi connectivity index (χ1n) is 12.0. The zero-order valence-electron chi connectivity index (χ0n) is 20.7. The Kier molecular flexibility index (Phi) is 7.39. The summed E-state index contributed by atoms with van der Waals surface area (Å²) in [7, 11) is 1.31. The van der Waals surface area contributed by atoms with Gasteiger partial charge in [-0.3, -0.25) is 4.79 Å². The second-order valence-electron chi connectivity index (χ2n) is 9.76. The van der Waals surface area contributed by atoms with Crippen LogP contribution in [0, 0.1) is 12.8 Å². The average Bonchev–Trinajstić information content (AvgIpc) is 3.17. The molecule has 4 rings (SSSR count). The van der Waals surface area contributed by atoms with Gasteiger partial charge in [0.15, 0.2) is 0 Å². The van der Waals surface area contributed by atoms with Gasteiger partial charge in [-0.2, -0.15) is 26.3 Å². The van der Waals surface area contributed by atoms with Gasteiger partial charge in [0.1, 0.15) is 0 Å². The number of carbonyl (C=O) groups excluding carboxylic acids is 2. The molecular weight excluding hydrogens is 516 g/mol. The molecule has 0 aromatic heterocycles. The fourth-order valence-corrected chi connectivity index (χ4v) is 5.39. The normalized spacial score (nSPS) is 22.0. The number of fused-ring (bicyclic) bond motifs is 1. The maximum absolute atomic E-state index is 13.6. The quantitative estimate of drug-likeness (QED) is 0.561. The summed E-state index contributed by atoms with van der Waals surface area (Å²) in [6.45, 7) is 1.33. The van der Waals surface area contributed by atoms with Crippen molar-refractivity contribution < 1.29 is 41.0 Å². The van der Waals surface area contributed by atoms with Crippen molar-refractivity contribution in [1.82, 2.24) is 14.7 Å². The van der Waals surface area contributed by atoms with E-state index in [9.17, 15) is 41.0 Å². The first-order valence-corrected chi connectivity index (χ1v) is 12.0. The second-order valence-corrected chi connectivity index (χ2v) is 9.76. The Bertz CT molecular complexity index is 1180. The number of aryl methyl sites for hydroxylation is 1. The number of alkyl halides is 6.